The molecule has 1 aromatic rings. The van der Waals surface area contributed by atoms with Crippen LogP contribution < -0.4 is 5.32 Å². The summed E-state index contributed by atoms with van der Waals surface area (Å²) in [6, 6.07) is 7.97. The van der Waals surface area contributed by atoms with E-state index in [0.29, 0.717) is 16.7 Å². The fourth-order valence-corrected chi connectivity index (χ4v) is 3.31. The van der Waals surface area contributed by atoms with Crippen LogP contribution >= 0.6 is 34.8 Å². The van der Waals surface area contributed by atoms with Crippen molar-refractivity contribution in [3.05, 3.63) is 33.4 Å². The molecule has 1 saturated carbocycles. The van der Waals surface area contributed by atoms with Gasteiger partial charge in [-0.3, -0.25) is 10.1 Å². The van der Waals surface area contributed by atoms with Gasteiger partial charge in [0.15, 0.2) is 5.11 Å². The van der Waals surface area contributed by atoms with Crippen LogP contribution in [0.25, 0.3) is 0 Å². The number of hydrogen-bond acceptors (Lipinski definition) is 2. The molecule has 5 heteroatoms. The van der Waals surface area contributed by atoms with E-state index in [1.807, 2.05) is 30.1 Å². The van der Waals surface area contributed by atoms with Gasteiger partial charge in [-0.1, -0.05) is 25.3 Å². The Labute approximate surface area is 139 Å². The van der Waals surface area contributed by atoms with Crippen LogP contribution in [-0.4, -0.2) is 29.0 Å². The van der Waals surface area contributed by atoms with Gasteiger partial charge in [0, 0.05) is 22.2 Å². The molecule has 0 aromatic heterocycles. The van der Waals surface area contributed by atoms with Gasteiger partial charge >= 0.3 is 0 Å². The van der Waals surface area contributed by atoms with Gasteiger partial charge in [0.1, 0.15) is 0 Å². The molecule has 20 heavy (non-hydrogen) atoms. The Morgan fingerprint density at radius 3 is 2.70 bits per heavy atom. The van der Waals surface area contributed by atoms with Gasteiger partial charge in [-0.15, -0.1) is 0 Å². The molecule has 1 aliphatic rings. The Kier molecular flexibility index (Phi) is 5.77. The number of hydrogen-bond donors (Lipinski definition) is 1. The van der Waals surface area contributed by atoms with Gasteiger partial charge in [0.25, 0.3) is 5.91 Å². The van der Waals surface area contributed by atoms with E-state index in [0.717, 1.165) is 16.4 Å². The van der Waals surface area contributed by atoms with E-state index >= 15 is 0 Å². The van der Waals surface area contributed by atoms with Gasteiger partial charge in [0.2, 0.25) is 0 Å². The Balaban J connectivity index is 1.94. The highest BCUT2D eigenvalue weighted by Gasteiger charge is 2.21. The quantitative estimate of drug-likeness (QED) is 0.607. The molecule has 0 bridgehead atoms. The predicted octanol–water partition coefficient (Wildman–Crippen LogP) is 3.57. The smallest absolute Gasteiger partial charge is 0.257 e. The molecule has 1 amide bonds. The average Bonchev–Trinajstić information content (AvgIpc) is 2.47. The monoisotopic (exact) mass is 402 g/mol. The van der Waals surface area contributed by atoms with Crippen molar-refractivity contribution < 1.29 is 4.79 Å². The lowest BCUT2D eigenvalue weighted by molar-refractivity contribution is 0.0971. The van der Waals surface area contributed by atoms with Crippen molar-refractivity contribution in [3.63, 3.8) is 0 Å². The second kappa shape index (κ2) is 7.36. The predicted molar refractivity (Wildman–Crippen MR) is 93.9 cm³/mol. The third-order valence-electron chi connectivity index (χ3n) is 3.75. The molecule has 0 radical (unpaired) electrons. The number of nitrogens with zero attached hydrogens (tertiary/aromatic N) is 1. The number of nitrogens with one attached hydrogen (secondary N) is 1. The maximum absolute atomic E-state index is 12.2. The molecule has 0 aliphatic heterocycles. The van der Waals surface area contributed by atoms with E-state index in [1.165, 1.54) is 19.3 Å². The van der Waals surface area contributed by atoms with Crippen LogP contribution in [0, 0.1) is 3.57 Å². The first-order chi connectivity index (χ1) is 9.58. The Bertz CT molecular complexity index is 500. The van der Waals surface area contributed by atoms with Crippen molar-refractivity contribution in [1.29, 1.82) is 0 Å². The molecule has 1 fully saturated rings. The molecular formula is C15H19IN2OS. The van der Waals surface area contributed by atoms with Gasteiger partial charge in [-0.05, 0) is 65.8 Å². The summed E-state index contributed by atoms with van der Waals surface area (Å²) in [4.78, 5) is 14.2. The number of thiocarbonyl (C=S) groups is 1. The summed E-state index contributed by atoms with van der Waals surface area (Å²) in [5.74, 6) is -0.129. The molecule has 0 heterocycles. The number of rotatable bonds is 2. The van der Waals surface area contributed by atoms with E-state index in [9.17, 15) is 4.79 Å². The van der Waals surface area contributed by atoms with Gasteiger partial charge in [-0.2, -0.15) is 0 Å². The molecule has 0 saturated heterocycles. The summed E-state index contributed by atoms with van der Waals surface area (Å²) in [7, 11) is 1.98. The number of amides is 1. The minimum atomic E-state index is -0.129. The third kappa shape index (κ3) is 4.15. The Hall–Kier alpha value is -0.690. The van der Waals surface area contributed by atoms with E-state index in [2.05, 4.69) is 27.9 Å². The summed E-state index contributed by atoms with van der Waals surface area (Å²) in [5.41, 5.74) is 0.649. The van der Waals surface area contributed by atoms with Crippen molar-refractivity contribution in [2.75, 3.05) is 7.05 Å². The molecule has 108 valence electrons. The molecule has 1 aromatic carbocycles. The van der Waals surface area contributed by atoms with Crippen LogP contribution in [0.5, 0.6) is 0 Å². The maximum atomic E-state index is 12.2. The fourth-order valence-electron chi connectivity index (χ4n) is 2.52. The third-order valence-corrected chi connectivity index (χ3v) is 4.81. The summed E-state index contributed by atoms with van der Waals surface area (Å²) in [5, 5.41) is 3.36. The van der Waals surface area contributed by atoms with Crippen LogP contribution in [-0.2, 0) is 0 Å². The highest BCUT2D eigenvalue weighted by molar-refractivity contribution is 14.1. The number of carbonyl (C=O) groups excluding carboxylic acids is 1. The van der Waals surface area contributed by atoms with Crippen LogP contribution in [0.4, 0.5) is 0 Å². The topological polar surface area (TPSA) is 32.3 Å². The Morgan fingerprint density at radius 2 is 2.05 bits per heavy atom. The van der Waals surface area contributed by atoms with Crippen LogP contribution in [0.15, 0.2) is 24.3 Å². The minimum absolute atomic E-state index is 0.129. The van der Waals surface area contributed by atoms with E-state index in [4.69, 9.17) is 12.2 Å². The SMILES string of the molecule is CN(C(=S)NC(=O)c1cccc(I)c1)C1CCCCC1. The van der Waals surface area contributed by atoms with Crippen LogP contribution in [0.3, 0.4) is 0 Å². The molecule has 2 rings (SSSR count). The molecule has 0 atom stereocenters. The lowest BCUT2D eigenvalue weighted by Crippen LogP contribution is -2.46. The number of halogens is 1. The molecule has 1 aliphatic carbocycles. The molecule has 1 N–H and O–H groups in total. The second-order valence-corrected chi connectivity index (χ2v) is 6.80. The number of benzene rings is 1. The number of carbonyl (C=O) groups is 1. The van der Waals surface area contributed by atoms with E-state index < -0.39 is 0 Å². The van der Waals surface area contributed by atoms with Crippen molar-refractivity contribution in [3.8, 4) is 0 Å². The lowest BCUT2D eigenvalue weighted by atomic mass is 9.95. The second-order valence-electron chi connectivity index (χ2n) is 5.17. The standard InChI is InChI=1S/C15H19IN2OS/c1-18(13-8-3-2-4-9-13)15(20)17-14(19)11-6-5-7-12(16)10-11/h5-7,10,13H,2-4,8-9H2,1H3,(H,17,19,20). The van der Waals surface area contributed by atoms with Gasteiger partial charge in [-0.25, -0.2) is 0 Å². The van der Waals surface area contributed by atoms with Crippen LogP contribution in [0.1, 0.15) is 42.5 Å². The highest BCUT2D eigenvalue weighted by atomic mass is 127. The summed E-state index contributed by atoms with van der Waals surface area (Å²) in [6.45, 7) is 0. The normalized spacial score (nSPS) is 15.7. The van der Waals surface area contributed by atoms with Gasteiger partial charge in [0.05, 0.1) is 0 Å². The van der Waals surface area contributed by atoms with Crippen molar-refractivity contribution in [2.24, 2.45) is 0 Å². The molecule has 0 unspecified atom stereocenters. The zero-order valence-electron chi connectivity index (χ0n) is 11.6. The summed E-state index contributed by atoms with van der Waals surface area (Å²) in [6.07, 6.45) is 6.14. The first-order valence-corrected chi connectivity index (χ1v) is 8.40. The van der Waals surface area contributed by atoms with Crippen molar-refractivity contribution in [1.82, 2.24) is 10.2 Å². The van der Waals surface area contributed by atoms with Crippen molar-refractivity contribution in [2.45, 2.75) is 38.1 Å². The summed E-state index contributed by atoms with van der Waals surface area (Å²) < 4.78 is 1.04. The Morgan fingerprint density at radius 1 is 1.35 bits per heavy atom. The first-order valence-electron chi connectivity index (χ1n) is 6.91. The van der Waals surface area contributed by atoms with Crippen LogP contribution in [0.2, 0.25) is 0 Å². The fraction of sp³-hybridized carbons (Fsp3) is 0.467. The van der Waals surface area contributed by atoms with E-state index in [-0.39, 0.29) is 5.91 Å². The molecule has 0 spiro atoms. The van der Waals surface area contributed by atoms with Crippen molar-refractivity contribution >= 4 is 45.8 Å². The minimum Gasteiger partial charge on any atom is -0.349 e. The maximum Gasteiger partial charge on any atom is 0.257 e. The zero-order chi connectivity index (χ0) is 14.5. The summed E-state index contributed by atoms with van der Waals surface area (Å²) >= 11 is 7.56. The first kappa shape index (κ1) is 15.7. The lowest BCUT2D eigenvalue weighted by Gasteiger charge is -2.32. The largest absolute Gasteiger partial charge is 0.349 e. The highest BCUT2D eigenvalue weighted by Crippen LogP contribution is 2.21. The molecular weight excluding hydrogens is 383 g/mol. The van der Waals surface area contributed by atoms with Gasteiger partial charge < -0.3 is 4.90 Å². The zero-order valence-corrected chi connectivity index (χ0v) is 14.5. The molecule has 3 nitrogen and oxygen atoms in total. The average molecular weight is 402 g/mol. The van der Waals surface area contributed by atoms with E-state index in [1.54, 1.807) is 6.07 Å².